The molecule has 5 nitrogen and oxygen atoms in total. The molecule has 0 aliphatic carbocycles. The van der Waals surface area contributed by atoms with Crippen molar-refractivity contribution in [1.29, 1.82) is 0 Å². The number of ether oxygens (including phenoxy) is 1. The summed E-state index contributed by atoms with van der Waals surface area (Å²) in [6, 6.07) is 9.21. The predicted molar refractivity (Wildman–Crippen MR) is 63.1 cm³/mol. The molecule has 1 heterocycles. The maximum atomic E-state index is 12.4. The molecule has 8 heteroatoms. The maximum Gasteiger partial charge on any atom is 0.451 e. The van der Waals surface area contributed by atoms with Gasteiger partial charge in [-0.1, -0.05) is 18.2 Å². The number of carbonyl (C=O) groups is 1. The molecule has 0 radical (unpaired) electrons. The van der Waals surface area contributed by atoms with Crippen LogP contribution in [0.3, 0.4) is 0 Å². The number of rotatable bonds is 2. The fourth-order valence-corrected chi connectivity index (χ4v) is 1.29. The molecule has 0 unspecified atom stereocenters. The molecule has 104 valence electrons. The van der Waals surface area contributed by atoms with E-state index in [1.807, 2.05) is 0 Å². The van der Waals surface area contributed by atoms with Gasteiger partial charge in [0.15, 0.2) is 0 Å². The van der Waals surface area contributed by atoms with Gasteiger partial charge < -0.3 is 4.74 Å². The van der Waals surface area contributed by atoms with Gasteiger partial charge in [0, 0.05) is 6.20 Å². The van der Waals surface area contributed by atoms with Crippen molar-refractivity contribution in [2.45, 2.75) is 6.18 Å². The molecular weight excluding hydrogens is 275 g/mol. The Morgan fingerprint density at radius 1 is 1.15 bits per heavy atom. The summed E-state index contributed by atoms with van der Waals surface area (Å²) in [4.78, 5) is 17.7. The van der Waals surface area contributed by atoms with Crippen molar-refractivity contribution in [3.8, 4) is 5.75 Å². The molecule has 1 amide bonds. The van der Waals surface area contributed by atoms with Gasteiger partial charge in [0.1, 0.15) is 11.6 Å². The number of benzene rings is 1. The summed E-state index contributed by atoms with van der Waals surface area (Å²) >= 11 is 0. The number of nitrogens with zero attached hydrogens (tertiary/aromatic N) is 2. The Morgan fingerprint density at radius 2 is 1.85 bits per heavy atom. The van der Waals surface area contributed by atoms with Crippen molar-refractivity contribution in [2.24, 2.45) is 0 Å². The number of para-hydroxylation sites is 1. The predicted octanol–water partition coefficient (Wildman–Crippen LogP) is 3.11. The summed E-state index contributed by atoms with van der Waals surface area (Å²) in [6.07, 6.45) is -4.72. The zero-order valence-corrected chi connectivity index (χ0v) is 9.89. The lowest BCUT2D eigenvalue weighted by molar-refractivity contribution is -0.144. The first-order chi connectivity index (χ1) is 9.45. The van der Waals surface area contributed by atoms with Crippen molar-refractivity contribution in [1.82, 2.24) is 9.97 Å². The fraction of sp³-hybridized carbons (Fsp3) is 0.0833. The molecule has 0 bridgehead atoms. The van der Waals surface area contributed by atoms with Gasteiger partial charge in [0.25, 0.3) is 0 Å². The lowest BCUT2D eigenvalue weighted by atomic mass is 10.3. The Kier molecular flexibility index (Phi) is 3.83. The number of aromatic nitrogens is 2. The van der Waals surface area contributed by atoms with E-state index in [1.54, 1.807) is 18.2 Å². The second-order valence-electron chi connectivity index (χ2n) is 3.59. The van der Waals surface area contributed by atoms with Crippen LogP contribution in [0.1, 0.15) is 5.82 Å². The van der Waals surface area contributed by atoms with Crippen LogP contribution in [0.15, 0.2) is 42.6 Å². The highest BCUT2D eigenvalue weighted by Crippen LogP contribution is 2.26. The van der Waals surface area contributed by atoms with E-state index in [1.165, 1.54) is 12.1 Å². The van der Waals surface area contributed by atoms with E-state index >= 15 is 0 Å². The molecule has 0 atom stereocenters. The Balaban J connectivity index is 2.05. The van der Waals surface area contributed by atoms with Gasteiger partial charge in [-0.25, -0.2) is 14.8 Å². The van der Waals surface area contributed by atoms with Crippen LogP contribution in [-0.2, 0) is 6.18 Å². The molecule has 1 aromatic heterocycles. The average Bonchev–Trinajstić information content (AvgIpc) is 2.39. The number of carbonyl (C=O) groups excluding carboxylic acids is 1. The molecule has 0 fully saturated rings. The molecule has 1 N–H and O–H groups in total. The summed E-state index contributed by atoms with van der Waals surface area (Å²) in [5.74, 6) is -1.38. The quantitative estimate of drug-likeness (QED) is 0.919. The van der Waals surface area contributed by atoms with Crippen molar-refractivity contribution < 1.29 is 22.7 Å². The first kappa shape index (κ1) is 13.8. The first-order valence-electron chi connectivity index (χ1n) is 5.39. The van der Waals surface area contributed by atoms with Gasteiger partial charge in [0.2, 0.25) is 5.82 Å². The Morgan fingerprint density at radius 3 is 2.50 bits per heavy atom. The molecule has 0 saturated carbocycles. The number of nitrogens with one attached hydrogen (secondary N) is 1. The third-order valence-electron chi connectivity index (χ3n) is 2.09. The Hall–Kier alpha value is -2.64. The number of hydrogen-bond donors (Lipinski definition) is 1. The largest absolute Gasteiger partial charge is 0.451 e. The van der Waals surface area contributed by atoms with Gasteiger partial charge in [-0.3, -0.25) is 5.32 Å². The summed E-state index contributed by atoms with van der Waals surface area (Å²) in [5, 5.41) is 2.09. The van der Waals surface area contributed by atoms with E-state index in [0.29, 0.717) is 0 Å². The highest BCUT2D eigenvalue weighted by atomic mass is 19.4. The minimum atomic E-state index is -4.68. The minimum Gasteiger partial charge on any atom is -0.410 e. The fourth-order valence-electron chi connectivity index (χ4n) is 1.29. The van der Waals surface area contributed by atoms with E-state index in [9.17, 15) is 18.0 Å². The standard InChI is InChI=1S/C12H8F3N3O2/c13-12(14,15)10-16-7-6-9(17-10)18-11(19)20-8-4-2-1-3-5-8/h1-7H,(H,16,17,18,19). The van der Waals surface area contributed by atoms with Crippen LogP contribution in [0.4, 0.5) is 23.8 Å². The van der Waals surface area contributed by atoms with Crippen molar-refractivity contribution in [2.75, 3.05) is 5.32 Å². The summed E-state index contributed by atoms with van der Waals surface area (Å²) < 4.78 is 42.0. The van der Waals surface area contributed by atoms with Crippen LogP contribution in [0.5, 0.6) is 5.75 Å². The smallest absolute Gasteiger partial charge is 0.410 e. The van der Waals surface area contributed by atoms with E-state index in [-0.39, 0.29) is 11.6 Å². The van der Waals surface area contributed by atoms with Crippen molar-refractivity contribution in [3.63, 3.8) is 0 Å². The van der Waals surface area contributed by atoms with E-state index in [0.717, 1.165) is 12.3 Å². The number of halogens is 3. The highest BCUT2D eigenvalue weighted by Gasteiger charge is 2.34. The monoisotopic (exact) mass is 283 g/mol. The van der Waals surface area contributed by atoms with Crippen molar-refractivity contribution >= 4 is 11.9 Å². The summed E-state index contributed by atoms with van der Waals surface area (Å²) in [7, 11) is 0. The molecule has 2 aromatic rings. The zero-order chi connectivity index (χ0) is 14.6. The lowest BCUT2D eigenvalue weighted by Gasteiger charge is -2.08. The van der Waals surface area contributed by atoms with Crippen LogP contribution in [0.25, 0.3) is 0 Å². The third-order valence-corrected chi connectivity index (χ3v) is 2.09. The minimum absolute atomic E-state index is 0.259. The molecule has 0 aliphatic rings. The second-order valence-corrected chi connectivity index (χ2v) is 3.59. The van der Waals surface area contributed by atoms with Crippen LogP contribution in [0, 0.1) is 0 Å². The van der Waals surface area contributed by atoms with Crippen LogP contribution < -0.4 is 10.1 Å². The summed E-state index contributed by atoms with van der Waals surface area (Å²) in [5.41, 5.74) is 0. The van der Waals surface area contributed by atoms with Crippen molar-refractivity contribution in [3.05, 3.63) is 48.4 Å². The van der Waals surface area contributed by atoms with Gasteiger partial charge in [-0.15, -0.1) is 0 Å². The first-order valence-corrected chi connectivity index (χ1v) is 5.39. The molecule has 0 saturated heterocycles. The van der Waals surface area contributed by atoms with Crippen LogP contribution in [-0.4, -0.2) is 16.1 Å². The number of anilines is 1. The van der Waals surface area contributed by atoms with E-state index in [2.05, 4.69) is 15.3 Å². The van der Waals surface area contributed by atoms with E-state index in [4.69, 9.17) is 4.74 Å². The third kappa shape index (κ3) is 3.67. The average molecular weight is 283 g/mol. The number of alkyl halides is 3. The summed E-state index contributed by atoms with van der Waals surface area (Å²) in [6.45, 7) is 0. The maximum absolute atomic E-state index is 12.4. The topological polar surface area (TPSA) is 64.1 Å². The molecule has 2 rings (SSSR count). The molecule has 1 aromatic carbocycles. The van der Waals surface area contributed by atoms with Gasteiger partial charge in [-0.2, -0.15) is 13.2 Å². The Labute approximate surface area is 111 Å². The molecule has 0 aliphatic heterocycles. The van der Waals surface area contributed by atoms with Gasteiger partial charge >= 0.3 is 12.3 Å². The second kappa shape index (κ2) is 5.55. The normalized spacial score (nSPS) is 10.9. The van der Waals surface area contributed by atoms with Crippen LogP contribution in [0.2, 0.25) is 0 Å². The molecule has 0 spiro atoms. The molecular formula is C12H8F3N3O2. The number of amides is 1. The van der Waals surface area contributed by atoms with Gasteiger partial charge in [0.05, 0.1) is 0 Å². The molecule has 20 heavy (non-hydrogen) atoms. The van der Waals surface area contributed by atoms with Gasteiger partial charge in [-0.05, 0) is 18.2 Å². The van der Waals surface area contributed by atoms with E-state index < -0.39 is 18.1 Å². The number of hydrogen-bond acceptors (Lipinski definition) is 4. The lowest BCUT2D eigenvalue weighted by Crippen LogP contribution is -2.19. The SMILES string of the molecule is O=C(Nc1ccnc(C(F)(F)F)n1)Oc1ccccc1. The zero-order valence-electron chi connectivity index (χ0n) is 9.89. The van der Waals surface area contributed by atoms with Crippen LogP contribution >= 0.6 is 0 Å². The highest BCUT2D eigenvalue weighted by molar-refractivity contribution is 5.84. The Bertz CT molecular complexity index is 602.